The zero-order valence-electron chi connectivity index (χ0n) is 14.9. The first-order valence-electron chi connectivity index (χ1n) is 8.14. The summed E-state index contributed by atoms with van der Waals surface area (Å²) in [6, 6.07) is 4.47. The molecule has 146 valence electrons. The van der Waals surface area contributed by atoms with E-state index in [1.807, 2.05) is 0 Å². The van der Waals surface area contributed by atoms with Crippen LogP contribution >= 0.6 is 23.2 Å². The minimum atomic E-state index is -3.68. The molecular weight excluding hydrogens is 423 g/mol. The highest BCUT2D eigenvalue weighted by molar-refractivity contribution is 7.92. The Bertz CT molecular complexity index is 1200. The van der Waals surface area contributed by atoms with Crippen molar-refractivity contribution in [1.29, 1.82) is 0 Å². The normalized spacial score (nSPS) is 11.8. The molecule has 0 aliphatic heterocycles. The lowest BCUT2D eigenvalue weighted by molar-refractivity contribution is 0.100. The average molecular weight is 439 g/mol. The summed E-state index contributed by atoms with van der Waals surface area (Å²) < 4.78 is 25.6. The topological polar surface area (TPSA) is 115 Å². The Labute approximate surface area is 171 Å². The molecule has 0 fully saturated rings. The minimum absolute atomic E-state index is 0.0201. The first-order chi connectivity index (χ1) is 13.1. The maximum absolute atomic E-state index is 12.8. The van der Waals surface area contributed by atoms with E-state index in [9.17, 15) is 13.2 Å². The summed E-state index contributed by atoms with van der Waals surface area (Å²) in [7, 11) is -3.68. The number of hydrogen-bond donors (Lipinski definition) is 2. The maximum atomic E-state index is 12.8. The summed E-state index contributed by atoms with van der Waals surface area (Å²) in [4.78, 5) is 20.1. The number of halogens is 2. The molecule has 2 aromatic heterocycles. The van der Waals surface area contributed by atoms with Crippen LogP contribution in [-0.2, 0) is 9.84 Å². The Balaban J connectivity index is 2.36. The van der Waals surface area contributed by atoms with E-state index in [-0.39, 0.29) is 26.7 Å². The van der Waals surface area contributed by atoms with E-state index in [0.29, 0.717) is 16.1 Å². The fraction of sp³-hybridized carbons (Fsp3) is 0.167. The number of primary amides is 1. The monoisotopic (exact) mass is 438 g/mol. The van der Waals surface area contributed by atoms with E-state index >= 15 is 0 Å². The van der Waals surface area contributed by atoms with E-state index in [2.05, 4.69) is 15.3 Å². The lowest BCUT2D eigenvalue weighted by atomic mass is 10.1. The van der Waals surface area contributed by atoms with Crippen molar-refractivity contribution in [3.63, 3.8) is 0 Å². The van der Waals surface area contributed by atoms with Crippen LogP contribution in [0, 0.1) is 0 Å². The molecule has 0 unspecified atom stereocenters. The van der Waals surface area contributed by atoms with Gasteiger partial charge in [0.15, 0.2) is 9.84 Å². The van der Waals surface area contributed by atoms with E-state index in [4.69, 9.17) is 28.9 Å². The molecule has 0 spiro atoms. The maximum Gasteiger partial charge on any atom is 0.252 e. The molecule has 1 amide bonds. The van der Waals surface area contributed by atoms with Crippen molar-refractivity contribution in [2.75, 3.05) is 5.32 Å². The highest BCUT2D eigenvalue weighted by atomic mass is 35.5. The molecule has 0 radical (unpaired) electrons. The Morgan fingerprint density at radius 2 is 1.82 bits per heavy atom. The van der Waals surface area contributed by atoms with Gasteiger partial charge in [-0.1, -0.05) is 23.2 Å². The van der Waals surface area contributed by atoms with Crippen molar-refractivity contribution in [3.8, 4) is 0 Å². The SMILES string of the molecule is CC(C)S(=O)(=O)c1cc(Cl)cc2c(Nc3cncc(Cl)c3)c(C(N)=O)cnc12. The van der Waals surface area contributed by atoms with Gasteiger partial charge < -0.3 is 11.1 Å². The van der Waals surface area contributed by atoms with Gasteiger partial charge in [0.25, 0.3) is 5.91 Å². The van der Waals surface area contributed by atoms with E-state index in [1.54, 1.807) is 19.9 Å². The van der Waals surface area contributed by atoms with Crippen molar-refractivity contribution in [2.24, 2.45) is 5.73 Å². The van der Waals surface area contributed by atoms with Crippen molar-refractivity contribution in [2.45, 2.75) is 24.0 Å². The molecule has 0 aliphatic carbocycles. The standard InChI is InChI=1S/C18H16Cl2N4O3S/c1-9(2)28(26,27)15-5-10(19)4-13-16(14(18(21)25)8-23-17(13)15)24-12-3-11(20)6-22-7-12/h3-9H,1-2H3,(H2,21,25)(H,23,24). The van der Waals surface area contributed by atoms with Gasteiger partial charge in [-0.05, 0) is 32.0 Å². The number of amides is 1. The van der Waals surface area contributed by atoms with Crippen molar-refractivity contribution < 1.29 is 13.2 Å². The molecule has 0 saturated carbocycles. The molecule has 3 rings (SSSR count). The number of nitrogens with two attached hydrogens (primary N) is 1. The Morgan fingerprint density at radius 1 is 1.11 bits per heavy atom. The number of rotatable bonds is 5. The van der Waals surface area contributed by atoms with E-state index in [0.717, 1.165) is 0 Å². The summed E-state index contributed by atoms with van der Waals surface area (Å²) in [6.07, 6.45) is 4.19. The molecule has 0 bridgehead atoms. The van der Waals surface area contributed by atoms with Gasteiger partial charge in [0.1, 0.15) is 0 Å². The number of sulfone groups is 1. The summed E-state index contributed by atoms with van der Waals surface area (Å²) in [5.41, 5.74) is 6.49. The lowest BCUT2D eigenvalue weighted by Gasteiger charge is -2.16. The van der Waals surface area contributed by atoms with Gasteiger partial charge in [0.2, 0.25) is 0 Å². The molecule has 2 heterocycles. The summed E-state index contributed by atoms with van der Waals surface area (Å²) in [5.74, 6) is -0.736. The molecule has 0 saturated heterocycles. The molecular formula is C18H16Cl2N4O3S. The second-order valence-corrected chi connectivity index (χ2v) is 9.67. The van der Waals surface area contributed by atoms with Crippen molar-refractivity contribution in [1.82, 2.24) is 9.97 Å². The Hall–Kier alpha value is -2.42. The lowest BCUT2D eigenvalue weighted by Crippen LogP contribution is -2.17. The minimum Gasteiger partial charge on any atom is -0.365 e. The third kappa shape index (κ3) is 3.76. The highest BCUT2D eigenvalue weighted by Crippen LogP contribution is 2.35. The summed E-state index contributed by atoms with van der Waals surface area (Å²) in [6.45, 7) is 3.13. The van der Waals surface area contributed by atoms with Crippen LogP contribution in [0.2, 0.25) is 10.0 Å². The molecule has 0 atom stereocenters. The van der Waals surface area contributed by atoms with Crippen LogP contribution in [-0.4, -0.2) is 29.5 Å². The molecule has 1 aromatic carbocycles. The second-order valence-electron chi connectivity index (χ2n) is 6.32. The first kappa shape index (κ1) is 20.3. The number of nitrogens with zero attached hydrogens (tertiary/aromatic N) is 2. The van der Waals surface area contributed by atoms with Gasteiger partial charge in [-0.15, -0.1) is 0 Å². The number of anilines is 2. The zero-order valence-corrected chi connectivity index (χ0v) is 17.2. The Kier molecular flexibility index (Phi) is 5.47. The van der Waals surface area contributed by atoms with Crippen LogP contribution in [0.4, 0.5) is 11.4 Å². The van der Waals surface area contributed by atoms with Gasteiger partial charge in [0.05, 0.1) is 43.8 Å². The molecule has 3 aromatic rings. The van der Waals surface area contributed by atoms with Crippen molar-refractivity contribution in [3.05, 3.63) is 52.4 Å². The van der Waals surface area contributed by atoms with Gasteiger partial charge in [-0.3, -0.25) is 14.8 Å². The van der Waals surface area contributed by atoms with Gasteiger partial charge >= 0.3 is 0 Å². The van der Waals surface area contributed by atoms with E-state index < -0.39 is 21.0 Å². The molecule has 10 heteroatoms. The van der Waals surface area contributed by atoms with Gasteiger partial charge in [0, 0.05) is 22.8 Å². The van der Waals surface area contributed by atoms with Gasteiger partial charge in [-0.2, -0.15) is 0 Å². The molecule has 3 N–H and O–H groups in total. The Morgan fingerprint density at radius 3 is 2.43 bits per heavy atom. The summed E-state index contributed by atoms with van der Waals surface area (Å²) >= 11 is 12.2. The third-order valence-electron chi connectivity index (χ3n) is 4.07. The van der Waals surface area contributed by atoms with Crippen LogP contribution in [0.25, 0.3) is 10.9 Å². The predicted molar refractivity (Wildman–Crippen MR) is 110 cm³/mol. The van der Waals surface area contributed by atoms with Crippen LogP contribution in [0.15, 0.2) is 41.7 Å². The van der Waals surface area contributed by atoms with Crippen LogP contribution in [0.3, 0.4) is 0 Å². The first-order valence-corrected chi connectivity index (χ1v) is 10.4. The van der Waals surface area contributed by atoms with Crippen molar-refractivity contribution >= 4 is 61.2 Å². The second kappa shape index (κ2) is 7.54. The van der Waals surface area contributed by atoms with Crippen LogP contribution in [0.5, 0.6) is 0 Å². The number of aromatic nitrogens is 2. The number of carbonyl (C=O) groups is 1. The van der Waals surface area contributed by atoms with Gasteiger partial charge in [-0.25, -0.2) is 8.42 Å². The number of nitrogens with one attached hydrogen (secondary N) is 1. The molecule has 0 aliphatic rings. The fourth-order valence-corrected chi connectivity index (χ4v) is 4.34. The largest absolute Gasteiger partial charge is 0.365 e. The third-order valence-corrected chi connectivity index (χ3v) is 6.66. The summed E-state index contributed by atoms with van der Waals surface area (Å²) in [5, 5.41) is 3.25. The van der Waals surface area contributed by atoms with Crippen LogP contribution in [0.1, 0.15) is 24.2 Å². The quantitative estimate of drug-likeness (QED) is 0.622. The zero-order chi connectivity index (χ0) is 20.6. The highest BCUT2D eigenvalue weighted by Gasteiger charge is 2.25. The number of benzene rings is 1. The van der Waals surface area contributed by atoms with E-state index in [1.165, 1.54) is 30.7 Å². The average Bonchev–Trinajstić information content (AvgIpc) is 2.61. The number of carbonyl (C=O) groups excluding carboxylic acids is 1. The smallest absolute Gasteiger partial charge is 0.252 e. The molecule has 7 nitrogen and oxygen atoms in total. The fourth-order valence-electron chi connectivity index (χ4n) is 2.65. The molecule has 28 heavy (non-hydrogen) atoms. The van der Waals surface area contributed by atoms with Crippen LogP contribution < -0.4 is 11.1 Å². The number of hydrogen-bond acceptors (Lipinski definition) is 6. The number of pyridine rings is 2. The predicted octanol–water partition coefficient (Wildman–Crippen LogP) is 3.96. The number of fused-ring (bicyclic) bond motifs is 1.